The first-order valence-electron chi connectivity index (χ1n) is 6.78. The summed E-state index contributed by atoms with van der Waals surface area (Å²) in [4.78, 5) is 22.8. The summed E-state index contributed by atoms with van der Waals surface area (Å²) < 4.78 is 10.2. The molecular weight excluding hydrogens is 286 g/mol. The third-order valence-corrected chi connectivity index (χ3v) is 3.05. The summed E-state index contributed by atoms with van der Waals surface area (Å²) in [5.41, 5.74) is 1.08. The summed E-state index contributed by atoms with van der Waals surface area (Å²) in [5.74, 6) is -0.461. The van der Waals surface area contributed by atoms with Crippen LogP contribution in [0.25, 0.3) is 0 Å². The summed E-state index contributed by atoms with van der Waals surface area (Å²) in [6.45, 7) is 0.706. The number of amides is 1. The van der Waals surface area contributed by atoms with Crippen LogP contribution in [0.5, 0.6) is 0 Å². The molecule has 1 heterocycles. The Balaban J connectivity index is 1.86. The minimum absolute atomic E-state index is 0.228. The first kappa shape index (κ1) is 15.8. The molecule has 1 aromatic heterocycles. The molecule has 0 saturated carbocycles. The molecule has 1 amide bonds. The van der Waals surface area contributed by atoms with E-state index in [0.717, 1.165) is 5.56 Å². The molecule has 0 unspecified atom stereocenters. The van der Waals surface area contributed by atoms with Gasteiger partial charge in [-0.15, -0.1) is 0 Å². The lowest BCUT2D eigenvalue weighted by Crippen LogP contribution is -2.25. The van der Waals surface area contributed by atoms with Gasteiger partial charge in [-0.1, -0.05) is 12.1 Å². The van der Waals surface area contributed by atoms with Crippen molar-refractivity contribution in [3.8, 4) is 0 Å². The van der Waals surface area contributed by atoms with Crippen molar-refractivity contribution < 1.29 is 23.8 Å². The van der Waals surface area contributed by atoms with E-state index in [0.29, 0.717) is 25.3 Å². The molecular formula is C16H17NO5. The SMILES string of the molecule is COCc1ccc(C(=O)NCCc2cccc(C(=O)O)c2)o1. The van der Waals surface area contributed by atoms with Gasteiger partial charge in [0.15, 0.2) is 5.76 Å². The highest BCUT2D eigenvalue weighted by atomic mass is 16.5. The van der Waals surface area contributed by atoms with Crippen LogP contribution in [0.1, 0.15) is 32.2 Å². The summed E-state index contributed by atoms with van der Waals surface area (Å²) >= 11 is 0. The Morgan fingerprint density at radius 2 is 2.09 bits per heavy atom. The van der Waals surface area contributed by atoms with Gasteiger partial charge in [0.1, 0.15) is 12.4 Å². The Morgan fingerprint density at radius 3 is 2.82 bits per heavy atom. The minimum atomic E-state index is -0.966. The van der Waals surface area contributed by atoms with E-state index in [4.69, 9.17) is 14.3 Å². The van der Waals surface area contributed by atoms with Crippen LogP contribution in [0.2, 0.25) is 0 Å². The van der Waals surface area contributed by atoms with Gasteiger partial charge < -0.3 is 19.6 Å². The van der Waals surface area contributed by atoms with E-state index in [9.17, 15) is 9.59 Å². The van der Waals surface area contributed by atoms with E-state index in [2.05, 4.69) is 5.32 Å². The van der Waals surface area contributed by atoms with Crippen LogP contribution < -0.4 is 5.32 Å². The standard InChI is InChI=1S/C16H17NO5/c1-21-10-13-5-6-14(22-13)15(18)17-8-7-11-3-2-4-12(9-11)16(19)20/h2-6,9H,7-8,10H2,1H3,(H,17,18)(H,19,20). The monoisotopic (exact) mass is 303 g/mol. The van der Waals surface area contributed by atoms with Crippen molar-refractivity contribution in [2.24, 2.45) is 0 Å². The van der Waals surface area contributed by atoms with E-state index < -0.39 is 5.97 Å². The van der Waals surface area contributed by atoms with Crippen LogP contribution in [-0.4, -0.2) is 30.6 Å². The highest BCUT2D eigenvalue weighted by molar-refractivity contribution is 5.91. The van der Waals surface area contributed by atoms with Crippen molar-refractivity contribution in [3.63, 3.8) is 0 Å². The van der Waals surface area contributed by atoms with Crippen LogP contribution in [0.4, 0.5) is 0 Å². The molecule has 6 heteroatoms. The van der Waals surface area contributed by atoms with Gasteiger partial charge in [-0.3, -0.25) is 4.79 Å². The fourth-order valence-corrected chi connectivity index (χ4v) is 1.99. The van der Waals surface area contributed by atoms with Crippen molar-refractivity contribution in [1.29, 1.82) is 0 Å². The zero-order valence-corrected chi connectivity index (χ0v) is 12.2. The smallest absolute Gasteiger partial charge is 0.335 e. The van der Waals surface area contributed by atoms with Gasteiger partial charge in [0.05, 0.1) is 5.56 Å². The second kappa shape index (κ2) is 7.42. The molecule has 6 nitrogen and oxygen atoms in total. The molecule has 2 rings (SSSR count). The van der Waals surface area contributed by atoms with Crippen molar-refractivity contribution in [3.05, 3.63) is 59.0 Å². The molecule has 1 aromatic carbocycles. The molecule has 2 aromatic rings. The maximum atomic E-state index is 11.9. The van der Waals surface area contributed by atoms with Crippen LogP contribution in [-0.2, 0) is 17.8 Å². The predicted octanol–water partition coefficient (Wildman–Crippen LogP) is 2.10. The summed E-state index contributed by atoms with van der Waals surface area (Å²) in [6, 6.07) is 9.92. The Kier molecular flexibility index (Phi) is 5.32. The number of hydrogen-bond donors (Lipinski definition) is 2. The average molecular weight is 303 g/mol. The zero-order valence-electron chi connectivity index (χ0n) is 12.2. The molecule has 116 valence electrons. The fraction of sp³-hybridized carbons (Fsp3) is 0.250. The lowest BCUT2D eigenvalue weighted by atomic mass is 10.1. The van der Waals surface area contributed by atoms with Crippen molar-refractivity contribution in [2.45, 2.75) is 13.0 Å². The van der Waals surface area contributed by atoms with Crippen LogP contribution in [0.15, 0.2) is 40.8 Å². The lowest BCUT2D eigenvalue weighted by Gasteiger charge is -2.04. The number of aromatic carboxylic acids is 1. The number of carbonyl (C=O) groups is 2. The quantitative estimate of drug-likeness (QED) is 0.817. The molecule has 2 N–H and O–H groups in total. The van der Waals surface area contributed by atoms with Crippen molar-refractivity contribution >= 4 is 11.9 Å². The van der Waals surface area contributed by atoms with Crippen LogP contribution >= 0.6 is 0 Å². The van der Waals surface area contributed by atoms with Gasteiger partial charge in [-0.25, -0.2) is 4.79 Å². The Bertz CT molecular complexity index is 662. The van der Waals surface area contributed by atoms with Gasteiger partial charge in [-0.2, -0.15) is 0 Å². The zero-order chi connectivity index (χ0) is 15.9. The Hall–Kier alpha value is -2.60. The van der Waals surface area contributed by atoms with Crippen LogP contribution in [0.3, 0.4) is 0 Å². The first-order chi connectivity index (χ1) is 10.6. The molecule has 0 saturated heterocycles. The highest BCUT2D eigenvalue weighted by Gasteiger charge is 2.10. The number of benzene rings is 1. The molecule has 0 fully saturated rings. The third-order valence-electron chi connectivity index (χ3n) is 3.05. The van der Waals surface area contributed by atoms with Gasteiger partial charge in [0, 0.05) is 13.7 Å². The largest absolute Gasteiger partial charge is 0.478 e. The number of methoxy groups -OCH3 is 1. The molecule has 22 heavy (non-hydrogen) atoms. The van der Waals surface area contributed by atoms with Gasteiger partial charge in [0.2, 0.25) is 0 Å². The van der Waals surface area contributed by atoms with E-state index in [1.807, 2.05) is 6.07 Å². The Labute approximate surface area is 127 Å². The Morgan fingerprint density at radius 1 is 1.27 bits per heavy atom. The summed E-state index contributed by atoms with van der Waals surface area (Å²) in [5, 5.41) is 11.7. The van der Waals surface area contributed by atoms with Crippen molar-refractivity contribution in [2.75, 3.05) is 13.7 Å². The molecule has 0 atom stereocenters. The second-order valence-corrected chi connectivity index (χ2v) is 4.71. The number of carbonyl (C=O) groups excluding carboxylic acids is 1. The first-order valence-corrected chi connectivity index (χ1v) is 6.78. The number of furan rings is 1. The van der Waals surface area contributed by atoms with Gasteiger partial charge >= 0.3 is 5.97 Å². The fourth-order valence-electron chi connectivity index (χ4n) is 1.99. The third kappa shape index (κ3) is 4.20. The molecule has 0 aliphatic heterocycles. The van der Waals surface area contributed by atoms with E-state index in [1.165, 1.54) is 6.07 Å². The highest BCUT2D eigenvalue weighted by Crippen LogP contribution is 2.09. The van der Waals surface area contributed by atoms with Gasteiger partial charge in [-0.05, 0) is 36.2 Å². The van der Waals surface area contributed by atoms with Crippen molar-refractivity contribution in [1.82, 2.24) is 5.32 Å². The molecule has 0 spiro atoms. The minimum Gasteiger partial charge on any atom is -0.478 e. The van der Waals surface area contributed by atoms with E-state index in [1.54, 1.807) is 31.4 Å². The maximum Gasteiger partial charge on any atom is 0.335 e. The van der Waals surface area contributed by atoms with Crippen LogP contribution in [0, 0.1) is 0 Å². The summed E-state index contributed by atoms with van der Waals surface area (Å²) in [7, 11) is 1.55. The number of hydrogen-bond acceptors (Lipinski definition) is 4. The predicted molar refractivity (Wildman–Crippen MR) is 78.9 cm³/mol. The number of ether oxygens (including phenoxy) is 1. The normalized spacial score (nSPS) is 10.4. The number of carboxylic acids is 1. The molecule has 0 aliphatic carbocycles. The topological polar surface area (TPSA) is 88.8 Å². The van der Waals surface area contributed by atoms with E-state index in [-0.39, 0.29) is 17.2 Å². The number of carboxylic acid groups (broad SMARTS) is 1. The van der Waals surface area contributed by atoms with E-state index >= 15 is 0 Å². The molecule has 0 aliphatic rings. The maximum absolute atomic E-state index is 11.9. The second-order valence-electron chi connectivity index (χ2n) is 4.71. The molecule has 0 bridgehead atoms. The number of rotatable bonds is 7. The average Bonchev–Trinajstić information content (AvgIpc) is 2.96. The summed E-state index contributed by atoms with van der Waals surface area (Å²) in [6.07, 6.45) is 0.540. The lowest BCUT2D eigenvalue weighted by molar-refractivity contribution is 0.0696. The molecule has 0 radical (unpaired) electrons. The number of nitrogens with one attached hydrogen (secondary N) is 1. The van der Waals surface area contributed by atoms with Gasteiger partial charge in [0.25, 0.3) is 5.91 Å².